The van der Waals surface area contributed by atoms with Gasteiger partial charge in [0.15, 0.2) is 5.16 Å². The van der Waals surface area contributed by atoms with Crippen molar-refractivity contribution in [2.45, 2.75) is 44.2 Å². The van der Waals surface area contributed by atoms with Gasteiger partial charge in [0.2, 0.25) is 11.9 Å². The summed E-state index contributed by atoms with van der Waals surface area (Å²) in [5, 5.41) is 3.88. The van der Waals surface area contributed by atoms with Crippen molar-refractivity contribution in [3.63, 3.8) is 0 Å². The van der Waals surface area contributed by atoms with Gasteiger partial charge in [-0.2, -0.15) is 15.0 Å². The molecule has 2 heterocycles. The molecule has 0 unspecified atom stereocenters. The van der Waals surface area contributed by atoms with Crippen LogP contribution in [0, 0.1) is 0 Å². The zero-order valence-electron chi connectivity index (χ0n) is 11.9. The highest BCUT2D eigenvalue weighted by atomic mass is 32.2. The Labute approximate surface area is 119 Å². The summed E-state index contributed by atoms with van der Waals surface area (Å²) in [6.45, 7) is 4.32. The molecular formula is C13H23N5S. The molecule has 6 heteroatoms. The number of piperidine rings is 1. The van der Waals surface area contributed by atoms with E-state index >= 15 is 0 Å². The molecule has 0 atom stereocenters. The molecule has 1 N–H and O–H groups in total. The van der Waals surface area contributed by atoms with Crippen LogP contribution in [0.4, 0.5) is 11.9 Å². The van der Waals surface area contributed by atoms with Gasteiger partial charge in [0, 0.05) is 25.9 Å². The summed E-state index contributed by atoms with van der Waals surface area (Å²) in [5.74, 6) is 2.58. The first-order valence-corrected chi connectivity index (χ1v) is 8.13. The number of unbranched alkanes of at least 4 members (excludes halogenated alkanes) is 1. The van der Waals surface area contributed by atoms with E-state index in [0.29, 0.717) is 5.95 Å². The molecule has 1 aromatic heterocycles. The number of rotatable bonds is 6. The Balaban J connectivity index is 2.10. The average molecular weight is 281 g/mol. The summed E-state index contributed by atoms with van der Waals surface area (Å²) in [7, 11) is 1.86. The first-order valence-electron chi connectivity index (χ1n) is 7.15. The van der Waals surface area contributed by atoms with E-state index in [2.05, 4.69) is 32.1 Å². The minimum absolute atomic E-state index is 0.676. The van der Waals surface area contributed by atoms with Crippen LogP contribution in [0.1, 0.15) is 39.0 Å². The van der Waals surface area contributed by atoms with Crippen LogP contribution in [-0.2, 0) is 0 Å². The predicted octanol–water partition coefficient (Wildman–Crippen LogP) is 2.80. The smallest absolute Gasteiger partial charge is 0.231 e. The summed E-state index contributed by atoms with van der Waals surface area (Å²) in [4.78, 5) is 15.8. The van der Waals surface area contributed by atoms with E-state index in [9.17, 15) is 0 Å². The molecule has 0 aliphatic carbocycles. The van der Waals surface area contributed by atoms with Gasteiger partial charge in [0.25, 0.3) is 0 Å². The Hall–Kier alpha value is -1.04. The Kier molecular flexibility index (Phi) is 5.69. The number of aromatic nitrogens is 3. The van der Waals surface area contributed by atoms with Crippen LogP contribution in [0.15, 0.2) is 5.16 Å². The lowest BCUT2D eigenvalue weighted by atomic mass is 10.1. The lowest BCUT2D eigenvalue weighted by molar-refractivity contribution is 0.565. The molecule has 1 fully saturated rings. The van der Waals surface area contributed by atoms with Crippen LogP contribution in [0.25, 0.3) is 0 Å². The third kappa shape index (κ3) is 4.23. The Morgan fingerprint density at radius 3 is 2.63 bits per heavy atom. The van der Waals surface area contributed by atoms with E-state index < -0.39 is 0 Å². The van der Waals surface area contributed by atoms with E-state index in [1.807, 2.05) is 7.05 Å². The van der Waals surface area contributed by atoms with Crippen LogP contribution in [0.3, 0.4) is 0 Å². The maximum absolute atomic E-state index is 4.60. The van der Waals surface area contributed by atoms with Crippen molar-refractivity contribution in [2.24, 2.45) is 0 Å². The minimum atomic E-state index is 0.676. The van der Waals surface area contributed by atoms with Crippen molar-refractivity contribution in [3.05, 3.63) is 0 Å². The van der Waals surface area contributed by atoms with Crippen LogP contribution < -0.4 is 10.2 Å². The normalized spacial score (nSPS) is 15.6. The summed E-state index contributed by atoms with van der Waals surface area (Å²) in [5.41, 5.74) is 0. The molecule has 2 rings (SSSR count). The zero-order chi connectivity index (χ0) is 13.5. The molecule has 5 nitrogen and oxygen atoms in total. The van der Waals surface area contributed by atoms with Gasteiger partial charge in [-0.15, -0.1) is 0 Å². The lowest BCUT2D eigenvalue weighted by Crippen LogP contribution is -2.31. The van der Waals surface area contributed by atoms with Crippen molar-refractivity contribution in [1.29, 1.82) is 0 Å². The molecule has 1 saturated heterocycles. The fourth-order valence-corrected chi connectivity index (χ4v) is 2.98. The Morgan fingerprint density at radius 1 is 1.16 bits per heavy atom. The number of nitrogens with one attached hydrogen (secondary N) is 1. The number of thioether (sulfide) groups is 1. The standard InChI is InChI=1S/C13H23N5S/c1-3-4-10-19-13-16-11(14-2)15-12(17-13)18-8-6-5-7-9-18/h3-10H2,1-2H3,(H,14,15,16,17). The SMILES string of the molecule is CCCCSc1nc(NC)nc(N2CCCCC2)n1. The molecule has 0 radical (unpaired) electrons. The monoisotopic (exact) mass is 281 g/mol. The molecular weight excluding hydrogens is 258 g/mol. The Bertz CT molecular complexity index is 393. The van der Waals surface area contributed by atoms with Crippen LogP contribution in [0.2, 0.25) is 0 Å². The van der Waals surface area contributed by atoms with Gasteiger partial charge >= 0.3 is 0 Å². The second-order valence-corrected chi connectivity index (χ2v) is 5.80. The van der Waals surface area contributed by atoms with E-state index in [1.54, 1.807) is 11.8 Å². The molecule has 19 heavy (non-hydrogen) atoms. The molecule has 0 spiro atoms. The quantitative estimate of drug-likeness (QED) is 0.639. The van der Waals surface area contributed by atoms with Crippen LogP contribution in [0.5, 0.6) is 0 Å². The molecule has 0 saturated carbocycles. The average Bonchev–Trinajstić information content (AvgIpc) is 2.48. The van der Waals surface area contributed by atoms with Crippen LogP contribution >= 0.6 is 11.8 Å². The lowest BCUT2D eigenvalue weighted by Gasteiger charge is -2.26. The fraction of sp³-hybridized carbons (Fsp3) is 0.769. The van der Waals surface area contributed by atoms with Gasteiger partial charge in [-0.05, 0) is 25.7 Å². The van der Waals surface area contributed by atoms with E-state index in [-0.39, 0.29) is 0 Å². The van der Waals surface area contributed by atoms with Gasteiger partial charge in [-0.25, -0.2) is 0 Å². The maximum Gasteiger partial charge on any atom is 0.231 e. The van der Waals surface area contributed by atoms with E-state index in [1.165, 1.54) is 32.1 Å². The molecule has 1 aliphatic rings. The summed E-state index contributed by atoms with van der Waals surface area (Å²) in [6, 6.07) is 0. The molecule has 1 aliphatic heterocycles. The number of anilines is 2. The summed E-state index contributed by atoms with van der Waals surface area (Å²) < 4.78 is 0. The van der Waals surface area contributed by atoms with Crippen molar-refractivity contribution in [3.8, 4) is 0 Å². The zero-order valence-corrected chi connectivity index (χ0v) is 12.7. The topological polar surface area (TPSA) is 53.9 Å². The highest BCUT2D eigenvalue weighted by Crippen LogP contribution is 2.21. The molecule has 0 bridgehead atoms. The van der Waals surface area contributed by atoms with Gasteiger partial charge in [0.1, 0.15) is 0 Å². The minimum Gasteiger partial charge on any atom is -0.357 e. The van der Waals surface area contributed by atoms with Gasteiger partial charge in [0.05, 0.1) is 0 Å². The van der Waals surface area contributed by atoms with Crippen molar-refractivity contribution < 1.29 is 0 Å². The largest absolute Gasteiger partial charge is 0.357 e. The van der Waals surface area contributed by atoms with Crippen molar-refractivity contribution >= 4 is 23.7 Å². The second-order valence-electron chi connectivity index (χ2n) is 4.74. The van der Waals surface area contributed by atoms with E-state index in [4.69, 9.17) is 0 Å². The molecule has 106 valence electrons. The number of nitrogens with zero attached hydrogens (tertiary/aromatic N) is 4. The fourth-order valence-electron chi connectivity index (χ4n) is 2.07. The summed E-state index contributed by atoms with van der Waals surface area (Å²) >= 11 is 1.72. The second kappa shape index (κ2) is 7.53. The van der Waals surface area contributed by atoms with Crippen LogP contribution in [-0.4, -0.2) is 40.8 Å². The molecule has 0 aromatic carbocycles. The summed E-state index contributed by atoms with van der Waals surface area (Å²) in [6.07, 6.45) is 6.19. The predicted molar refractivity (Wildman–Crippen MR) is 81.1 cm³/mol. The van der Waals surface area contributed by atoms with Crippen molar-refractivity contribution in [1.82, 2.24) is 15.0 Å². The highest BCUT2D eigenvalue weighted by Gasteiger charge is 2.15. The van der Waals surface area contributed by atoms with Gasteiger partial charge < -0.3 is 10.2 Å². The maximum atomic E-state index is 4.60. The Morgan fingerprint density at radius 2 is 1.95 bits per heavy atom. The van der Waals surface area contributed by atoms with Crippen molar-refractivity contribution in [2.75, 3.05) is 36.1 Å². The first-order chi connectivity index (χ1) is 9.33. The third-order valence-corrected chi connectivity index (χ3v) is 4.13. The number of hydrogen-bond donors (Lipinski definition) is 1. The van der Waals surface area contributed by atoms with Gasteiger partial charge in [-0.1, -0.05) is 25.1 Å². The molecule has 0 amide bonds. The van der Waals surface area contributed by atoms with Gasteiger partial charge in [-0.3, -0.25) is 0 Å². The first kappa shape index (κ1) is 14.4. The van der Waals surface area contributed by atoms with E-state index in [0.717, 1.165) is 29.9 Å². The molecule has 1 aromatic rings. The number of hydrogen-bond acceptors (Lipinski definition) is 6. The third-order valence-electron chi connectivity index (χ3n) is 3.19. The highest BCUT2D eigenvalue weighted by molar-refractivity contribution is 7.99.